The van der Waals surface area contributed by atoms with Crippen LogP contribution in [0.3, 0.4) is 0 Å². The molecule has 0 aromatic heterocycles. The molecule has 0 saturated heterocycles. The van der Waals surface area contributed by atoms with Crippen LogP contribution in [0.1, 0.15) is 5.56 Å². The normalized spacial score (nSPS) is 8.31. The number of nitrogens with two attached hydrogens (primary N) is 1. The van der Waals surface area contributed by atoms with Crippen molar-refractivity contribution in [3.63, 3.8) is 0 Å². The maximum absolute atomic E-state index is 4.66. The fourth-order valence-corrected chi connectivity index (χ4v) is 1.91. The van der Waals surface area contributed by atoms with E-state index in [1.807, 2.05) is 0 Å². The van der Waals surface area contributed by atoms with Gasteiger partial charge in [-0.15, -0.1) is 0 Å². The summed E-state index contributed by atoms with van der Waals surface area (Å²) in [4.78, 5) is 0. The Morgan fingerprint density at radius 3 is 2.23 bits per heavy atom. The summed E-state index contributed by atoms with van der Waals surface area (Å²) >= 11 is 9.58. The van der Waals surface area contributed by atoms with Crippen molar-refractivity contribution in [2.24, 2.45) is 5.73 Å². The molecule has 4 heteroatoms. The van der Waals surface area contributed by atoms with Gasteiger partial charge in [0.05, 0.1) is 0 Å². The first-order chi connectivity index (χ1) is 6.16. The van der Waals surface area contributed by atoms with Crippen molar-refractivity contribution in [2.75, 3.05) is 0 Å². The van der Waals surface area contributed by atoms with Crippen LogP contribution in [0.15, 0.2) is 30.3 Å². The first kappa shape index (κ1) is 13.3. The summed E-state index contributed by atoms with van der Waals surface area (Å²) in [7, 11) is 0. The van der Waals surface area contributed by atoms with Crippen LogP contribution >= 0.6 is 12.2 Å². The summed E-state index contributed by atoms with van der Waals surface area (Å²) in [5, 5.41) is 0. The zero-order valence-electron chi connectivity index (χ0n) is 7.19. The molecule has 0 bridgehead atoms. The van der Waals surface area contributed by atoms with E-state index in [1.54, 1.807) is 0 Å². The van der Waals surface area contributed by atoms with Crippen LogP contribution in [0.25, 0.3) is 0 Å². The minimum atomic E-state index is 0.0833. The number of rotatable bonds is 2. The molecule has 0 atom stereocenters. The molecule has 2 radical (unpaired) electrons. The van der Waals surface area contributed by atoms with E-state index in [4.69, 9.17) is 0 Å². The van der Waals surface area contributed by atoms with Crippen LogP contribution in [-0.2, 0) is 19.0 Å². The third kappa shape index (κ3) is 10.2. The van der Waals surface area contributed by atoms with E-state index in [1.165, 1.54) is 41.7 Å². The Bertz CT molecular complexity index is 235. The molecular formula is C9H11NPbS2. The molecule has 1 aromatic carbocycles. The Balaban J connectivity index is 0.000000310. The summed E-state index contributed by atoms with van der Waals surface area (Å²) in [5.41, 5.74) is 6.14. The maximum atomic E-state index is 4.66. The summed E-state index contributed by atoms with van der Waals surface area (Å²) in [5.74, 6) is 0. The number of thiocarbonyl (C=S) groups is 1. The fourth-order valence-electron chi connectivity index (χ4n) is 0.789. The standard InChI is InChI=1S/C8H9.CH3NS2.Pb/c1-2-8-6-4-3-5-7-8;2-1(3)4;/h3-7H,1-2H2;(H3,2,3,4);/q;;+1/p-1. The van der Waals surface area contributed by atoms with Gasteiger partial charge in [-0.1, -0.05) is 4.32 Å². The first-order valence-electron chi connectivity index (χ1n) is 3.81. The van der Waals surface area contributed by atoms with Gasteiger partial charge in [-0.3, -0.25) is 0 Å². The Labute approximate surface area is 106 Å². The monoisotopic (exact) mass is 405 g/mol. The van der Waals surface area contributed by atoms with Crippen molar-refractivity contribution >= 4 is 54.9 Å². The van der Waals surface area contributed by atoms with E-state index in [2.05, 4.69) is 60.9 Å². The van der Waals surface area contributed by atoms with E-state index >= 15 is 0 Å². The van der Waals surface area contributed by atoms with Crippen LogP contribution < -0.4 is 5.73 Å². The zero-order chi connectivity index (χ0) is 10.1. The quantitative estimate of drug-likeness (QED) is 0.461. The number of aryl methyl sites for hydroxylation is 1. The van der Waals surface area contributed by atoms with Gasteiger partial charge in [0, 0.05) is 0 Å². The van der Waals surface area contributed by atoms with Crippen molar-refractivity contribution in [2.45, 2.75) is 10.4 Å². The summed E-state index contributed by atoms with van der Waals surface area (Å²) < 4.78 is 1.46. The second kappa shape index (κ2) is 8.83. The molecule has 0 aliphatic rings. The Hall–Kier alpha value is 0.252. The Kier molecular flexibility index (Phi) is 9.00. The molecule has 0 heterocycles. The molecule has 1 nitrogen and oxygen atoms in total. The molecule has 1 aromatic rings. The molecule has 0 aliphatic carbocycles. The van der Waals surface area contributed by atoms with Gasteiger partial charge >= 0.3 is 72.1 Å². The molecule has 0 saturated carbocycles. The minimum absolute atomic E-state index is 0.0833. The first-order valence-corrected chi connectivity index (χ1v) is 7.38. The van der Waals surface area contributed by atoms with Crippen molar-refractivity contribution in [3.8, 4) is 0 Å². The molecule has 0 spiro atoms. The second-order valence-electron chi connectivity index (χ2n) is 2.30. The van der Waals surface area contributed by atoms with Gasteiger partial charge in [0.15, 0.2) is 0 Å². The summed E-state index contributed by atoms with van der Waals surface area (Å²) in [6.45, 7) is 0. The third-order valence-corrected chi connectivity index (χ3v) is 2.23. The van der Waals surface area contributed by atoms with Gasteiger partial charge in [0.25, 0.3) is 0 Å². The van der Waals surface area contributed by atoms with Gasteiger partial charge in [0.2, 0.25) is 0 Å². The molecule has 13 heavy (non-hydrogen) atoms. The van der Waals surface area contributed by atoms with Gasteiger partial charge in [-0.05, 0) is 0 Å². The van der Waals surface area contributed by atoms with Crippen LogP contribution in [0.4, 0.5) is 0 Å². The molecular weight excluding hydrogens is 393 g/mol. The molecule has 0 aliphatic heterocycles. The number of benzene rings is 1. The Morgan fingerprint density at radius 1 is 1.38 bits per heavy atom. The average Bonchev–Trinajstić information content (AvgIpc) is 2.06. The summed E-state index contributed by atoms with van der Waals surface area (Å²) in [6, 6.07) is 10.7. The van der Waals surface area contributed by atoms with E-state index in [-0.39, 0.29) is 4.32 Å². The number of hydrogen-bond donors (Lipinski definition) is 1. The van der Waals surface area contributed by atoms with E-state index < -0.39 is 0 Å². The topological polar surface area (TPSA) is 26.0 Å². The molecule has 0 unspecified atom stereocenters. The fraction of sp³-hybridized carbons (Fsp3) is 0.222. The van der Waals surface area contributed by atoms with Gasteiger partial charge in [0.1, 0.15) is 0 Å². The van der Waals surface area contributed by atoms with Crippen molar-refractivity contribution in [3.05, 3.63) is 35.9 Å². The third-order valence-electron chi connectivity index (χ3n) is 1.26. The van der Waals surface area contributed by atoms with E-state index in [0.717, 1.165) is 0 Å². The predicted octanol–water partition coefficient (Wildman–Crippen LogP) is 1.59. The SMILES string of the molecule is NC(=S)[S-].[Pb+][CH2]Cc1ccccc1. The summed E-state index contributed by atoms with van der Waals surface area (Å²) in [6.07, 6.45) is 1.27. The molecule has 1 rings (SSSR count). The van der Waals surface area contributed by atoms with Crippen molar-refractivity contribution < 1.29 is 0 Å². The molecule has 2 N–H and O–H groups in total. The molecule has 0 amide bonds. The van der Waals surface area contributed by atoms with Crippen LogP contribution in [0, 0.1) is 0 Å². The van der Waals surface area contributed by atoms with Crippen LogP contribution in [0.2, 0.25) is 3.98 Å². The average molecular weight is 405 g/mol. The predicted molar refractivity (Wildman–Crippen MR) is 64.9 cm³/mol. The Morgan fingerprint density at radius 2 is 1.85 bits per heavy atom. The van der Waals surface area contributed by atoms with E-state index in [9.17, 15) is 0 Å². The van der Waals surface area contributed by atoms with Crippen molar-refractivity contribution in [1.82, 2.24) is 0 Å². The molecule has 0 fully saturated rings. The van der Waals surface area contributed by atoms with Gasteiger partial charge in [-0.25, -0.2) is 0 Å². The van der Waals surface area contributed by atoms with Crippen molar-refractivity contribution in [1.29, 1.82) is 0 Å². The zero-order valence-corrected chi connectivity index (χ0v) is 12.7. The second-order valence-corrected chi connectivity index (χ2v) is 5.39. The van der Waals surface area contributed by atoms with Gasteiger partial charge < -0.3 is 30.6 Å². The molecule has 68 valence electrons. The van der Waals surface area contributed by atoms with Crippen LogP contribution in [0.5, 0.6) is 0 Å². The number of hydrogen-bond acceptors (Lipinski definition) is 2. The van der Waals surface area contributed by atoms with E-state index in [0.29, 0.717) is 0 Å². The van der Waals surface area contributed by atoms with Gasteiger partial charge in [-0.2, -0.15) is 0 Å². The van der Waals surface area contributed by atoms with Crippen LogP contribution in [-0.4, -0.2) is 30.1 Å².